The zero-order valence-electron chi connectivity index (χ0n) is 11.7. The van der Waals surface area contributed by atoms with Crippen LogP contribution in [0.25, 0.3) is 0 Å². The summed E-state index contributed by atoms with van der Waals surface area (Å²) >= 11 is 9.32. The van der Waals surface area contributed by atoms with Gasteiger partial charge in [0.25, 0.3) is 5.91 Å². The van der Waals surface area contributed by atoms with Gasteiger partial charge >= 0.3 is 0 Å². The molecule has 1 unspecified atom stereocenters. The third kappa shape index (κ3) is 4.80. The summed E-state index contributed by atoms with van der Waals surface area (Å²) in [5.41, 5.74) is 0.354. The highest BCUT2D eigenvalue weighted by Crippen LogP contribution is 2.21. The van der Waals surface area contributed by atoms with Crippen LogP contribution in [0.2, 0.25) is 5.02 Å². The first-order valence-corrected chi connectivity index (χ1v) is 7.49. The molecule has 0 saturated carbocycles. The van der Waals surface area contributed by atoms with Crippen molar-refractivity contribution in [2.24, 2.45) is 5.92 Å². The molecule has 0 radical (unpaired) electrons. The number of nitrogens with one attached hydrogen (secondary N) is 2. The van der Waals surface area contributed by atoms with Crippen molar-refractivity contribution in [3.8, 4) is 0 Å². The van der Waals surface area contributed by atoms with E-state index in [1.165, 1.54) is 0 Å². The fourth-order valence-electron chi connectivity index (χ4n) is 1.79. The molecule has 1 rings (SSSR count). The Morgan fingerprint density at radius 1 is 1.35 bits per heavy atom. The number of carbonyl (C=O) groups is 2. The highest BCUT2D eigenvalue weighted by Gasteiger charge is 2.22. The van der Waals surface area contributed by atoms with Gasteiger partial charge in [-0.1, -0.05) is 41.4 Å². The summed E-state index contributed by atoms with van der Waals surface area (Å²) in [5.74, 6) is -0.268. The summed E-state index contributed by atoms with van der Waals surface area (Å²) in [7, 11) is 1.55. The Balaban J connectivity index is 2.87. The SMILES string of the molecule is CNC(=O)C(CC(C)C)NC(=O)c1ccc(Br)cc1Cl. The third-order valence-electron chi connectivity index (χ3n) is 2.75. The van der Waals surface area contributed by atoms with Crippen molar-refractivity contribution in [2.45, 2.75) is 26.3 Å². The van der Waals surface area contributed by atoms with Crippen molar-refractivity contribution in [1.82, 2.24) is 10.6 Å². The van der Waals surface area contributed by atoms with E-state index in [1.807, 2.05) is 13.8 Å². The maximum atomic E-state index is 12.2. The molecule has 0 aliphatic heterocycles. The zero-order valence-corrected chi connectivity index (χ0v) is 14.0. The van der Waals surface area contributed by atoms with Crippen molar-refractivity contribution in [2.75, 3.05) is 7.05 Å². The number of rotatable bonds is 5. The summed E-state index contributed by atoms with van der Waals surface area (Å²) in [6, 6.07) is 4.44. The molecule has 0 aromatic heterocycles. The lowest BCUT2D eigenvalue weighted by Gasteiger charge is -2.19. The molecule has 0 heterocycles. The molecule has 110 valence electrons. The minimum absolute atomic E-state index is 0.208. The van der Waals surface area contributed by atoms with Crippen LogP contribution in [0.4, 0.5) is 0 Å². The Labute approximate surface area is 132 Å². The van der Waals surface area contributed by atoms with Gasteiger partial charge in [-0.25, -0.2) is 0 Å². The highest BCUT2D eigenvalue weighted by atomic mass is 79.9. The lowest BCUT2D eigenvalue weighted by Crippen LogP contribution is -2.46. The van der Waals surface area contributed by atoms with Crippen LogP contribution in [0.3, 0.4) is 0 Å². The molecule has 0 fully saturated rings. The number of benzene rings is 1. The molecule has 0 spiro atoms. The first-order chi connectivity index (χ1) is 9.35. The fraction of sp³-hybridized carbons (Fsp3) is 0.429. The van der Waals surface area contributed by atoms with Gasteiger partial charge in [-0.05, 0) is 30.5 Å². The number of halogens is 2. The van der Waals surface area contributed by atoms with Crippen molar-refractivity contribution in [1.29, 1.82) is 0 Å². The number of amides is 2. The number of carbonyl (C=O) groups excluding carboxylic acids is 2. The number of hydrogen-bond acceptors (Lipinski definition) is 2. The molecule has 1 atom stereocenters. The molecule has 20 heavy (non-hydrogen) atoms. The number of hydrogen-bond donors (Lipinski definition) is 2. The predicted octanol–water partition coefficient (Wildman–Crippen LogP) is 2.99. The largest absolute Gasteiger partial charge is 0.357 e. The molecule has 1 aromatic rings. The molecule has 1 aromatic carbocycles. The quantitative estimate of drug-likeness (QED) is 0.847. The molecule has 2 N–H and O–H groups in total. The van der Waals surface area contributed by atoms with E-state index in [4.69, 9.17) is 11.6 Å². The predicted molar refractivity (Wildman–Crippen MR) is 83.9 cm³/mol. The molecule has 2 amide bonds. The summed E-state index contributed by atoms with van der Waals surface area (Å²) in [4.78, 5) is 24.0. The molecular formula is C14H18BrClN2O2. The second kappa shape index (κ2) is 7.64. The van der Waals surface area contributed by atoms with Gasteiger partial charge in [0.15, 0.2) is 0 Å². The third-order valence-corrected chi connectivity index (χ3v) is 3.56. The monoisotopic (exact) mass is 360 g/mol. The topological polar surface area (TPSA) is 58.2 Å². The van der Waals surface area contributed by atoms with E-state index in [-0.39, 0.29) is 17.7 Å². The number of likely N-dealkylation sites (N-methyl/N-ethyl adjacent to an activating group) is 1. The lowest BCUT2D eigenvalue weighted by molar-refractivity contribution is -0.122. The van der Waals surface area contributed by atoms with Gasteiger partial charge < -0.3 is 10.6 Å². The van der Waals surface area contributed by atoms with Gasteiger partial charge in [0.2, 0.25) is 5.91 Å². The van der Waals surface area contributed by atoms with E-state index < -0.39 is 6.04 Å². The van der Waals surface area contributed by atoms with Crippen LogP contribution in [-0.4, -0.2) is 24.9 Å². The van der Waals surface area contributed by atoms with E-state index in [2.05, 4.69) is 26.6 Å². The standard InChI is InChI=1S/C14H18BrClN2O2/c1-8(2)6-12(14(20)17-3)18-13(19)10-5-4-9(15)7-11(10)16/h4-5,7-8,12H,6H2,1-3H3,(H,17,20)(H,18,19). The molecule has 0 aliphatic rings. The van der Waals surface area contributed by atoms with Crippen LogP contribution < -0.4 is 10.6 Å². The maximum absolute atomic E-state index is 12.2. The summed E-state index contributed by atoms with van der Waals surface area (Å²) in [6.07, 6.45) is 0.569. The van der Waals surface area contributed by atoms with Crippen molar-refractivity contribution >= 4 is 39.3 Å². The zero-order chi connectivity index (χ0) is 15.3. The Hall–Kier alpha value is -1.07. The molecule has 0 aliphatic carbocycles. The molecule has 0 saturated heterocycles. The minimum Gasteiger partial charge on any atom is -0.357 e. The van der Waals surface area contributed by atoms with Crippen LogP contribution in [0, 0.1) is 5.92 Å². The summed E-state index contributed by atoms with van der Waals surface area (Å²) < 4.78 is 0.795. The van der Waals surface area contributed by atoms with Crippen LogP contribution in [0.15, 0.2) is 22.7 Å². The highest BCUT2D eigenvalue weighted by molar-refractivity contribution is 9.10. The molecule has 0 bridgehead atoms. The van der Waals surface area contributed by atoms with Crippen molar-refractivity contribution in [3.05, 3.63) is 33.3 Å². The van der Waals surface area contributed by atoms with Gasteiger partial charge in [-0.3, -0.25) is 9.59 Å². The Kier molecular flexibility index (Phi) is 6.49. The summed E-state index contributed by atoms with van der Waals surface area (Å²) in [6.45, 7) is 3.99. The molecule has 6 heteroatoms. The van der Waals surface area contributed by atoms with E-state index in [0.29, 0.717) is 17.0 Å². The van der Waals surface area contributed by atoms with E-state index >= 15 is 0 Å². The Morgan fingerprint density at radius 3 is 2.50 bits per heavy atom. The van der Waals surface area contributed by atoms with E-state index in [1.54, 1.807) is 25.2 Å². The van der Waals surface area contributed by atoms with Gasteiger partial charge in [-0.2, -0.15) is 0 Å². The molecule has 4 nitrogen and oxygen atoms in total. The van der Waals surface area contributed by atoms with E-state index in [9.17, 15) is 9.59 Å². The van der Waals surface area contributed by atoms with Crippen LogP contribution in [0.5, 0.6) is 0 Å². The van der Waals surface area contributed by atoms with Gasteiger partial charge in [0, 0.05) is 11.5 Å². The first-order valence-electron chi connectivity index (χ1n) is 6.32. The summed E-state index contributed by atoms with van der Waals surface area (Å²) in [5, 5.41) is 5.63. The first kappa shape index (κ1) is 17.0. The second-order valence-electron chi connectivity index (χ2n) is 4.89. The normalized spacial score (nSPS) is 12.1. The van der Waals surface area contributed by atoms with Crippen molar-refractivity contribution < 1.29 is 9.59 Å². The Morgan fingerprint density at radius 2 is 2.00 bits per heavy atom. The maximum Gasteiger partial charge on any atom is 0.253 e. The lowest BCUT2D eigenvalue weighted by atomic mass is 10.0. The van der Waals surface area contributed by atoms with E-state index in [0.717, 1.165) is 4.47 Å². The van der Waals surface area contributed by atoms with Crippen LogP contribution in [0.1, 0.15) is 30.6 Å². The van der Waals surface area contributed by atoms with Crippen LogP contribution in [-0.2, 0) is 4.79 Å². The van der Waals surface area contributed by atoms with Gasteiger partial charge in [-0.15, -0.1) is 0 Å². The molecular weight excluding hydrogens is 344 g/mol. The Bertz CT molecular complexity index is 506. The average Bonchev–Trinajstić information content (AvgIpc) is 2.36. The van der Waals surface area contributed by atoms with Gasteiger partial charge in [0.05, 0.1) is 10.6 Å². The average molecular weight is 362 g/mol. The smallest absolute Gasteiger partial charge is 0.253 e. The van der Waals surface area contributed by atoms with Gasteiger partial charge in [0.1, 0.15) is 6.04 Å². The van der Waals surface area contributed by atoms with Crippen LogP contribution >= 0.6 is 27.5 Å². The fourth-order valence-corrected chi connectivity index (χ4v) is 2.55. The van der Waals surface area contributed by atoms with Crippen molar-refractivity contribution in [3.63, 3.8) is 0 Å². The second-order valence-corrected chi connectivity index (χ2v) is 6.22. The minimum atomic E-state index is -0.563.